The van der Waals surface area contributed by atoms with E-state index in [0.717, 1.165) is 24.1 Å². The number of rotatable bonds is 2. The second-order valence-electron chi connectivity index (χ2n) is 6.46. The topological polar surface area (TPSA) is 66.8 Å². The fraction of sp³-hybridized carbons (Fsp3) is 0.500. The van der Waals surface area contributed by atoms with Crippen LogP contribution in [0.5, 0.6) is 0 Å². The van der Waals surface area contributed by atoms with Crippen LogP contribution in [0, 0.1) is 12.8 Å². The molecule has 2 saturated heterocycles. The van der Waals surface area contributed by atoms with Gasteiger partial charge in [-0.25, -0.2) is 8.42 Å². The first-order valence-corrected chi connectivity index (χ1v) is 10.5. The van der Waals surface area contributed by atoms with Crippen LogP contribution >= 0.6 is 11.8 Å². The summed E-state index contributed by atoms with van der Waals surface area (Å²) in [5, 5.41) is 0.631. The molecule has 3 fully saturated rings. The van der Waals surface area contributed by atoms with Crippen LogP contribution in [0.2, 0.25) is 0 Å². The molecule has 0 radical (unpaired) electrons. The van der Waals surface area contributed by atoms with E-state index < -0.39 is 9.84 Å². The number of aliphatic imine (C=N–C) groups is 1. The maximum atomic E-state index is 12.1. The van der Waals surface area contributed by atoms with Crippen LogP contribution in [-0.2, 0) is 14.6 Å². The fourth-order valence-corrected chi connectivity index (χ4v) is 7.11. The molecule has 0 aromatic heterocycles. The van der Waals surface area contributed by atoms with Crippen molar-refractivity contribution < 1.29 is 13.2 Å². The Balaban J connectivity index is 1.75. The third-order valence-corrected chi connectivity index (χ3v) is 7.78. The van der Waals surface area contributed by atoms with E-state index in [2.05, 4.69) is 4.99 Å². The molecule has 1 aromatic carbocycles. The molecule has 0 unspecified atom stereocenters. The molecular formula is C16H18N2O3S2. The second kappa shape index (κ2) is 5.34. The number of carbonyl (C=O) groups excluding carboxylic acids is 1. The van der Waals surface area contributed by atoms with Gasteiger partial charge in [-0.3, -0.25) is 4.79 Å². The molecule has 7 heteroatoms. The zero-order valence-electron chi connectivity index (χ0n) is 12.8. The van der Waals surface area contributed by atoms with Crippen LogP contribution in [-0.4, -0.2) is 42.3 Å². The number of hydrogen-bond donors (Lipinski definition) is 0. The molecule has 1 saturated carbocycles. The van der Waals surface area contributed by atoms with Crippen molar-refractivity contribution in [1.29, 1.82) is 0 Å². The van der Waals surface area contributed by atoms with Gasteiger partial charge in [0.05, 0.1) is 17.5 Å². The average molecular weight is 350 g/mol. The van der Waals surface area contributed by atoms with Gasteiger partial charge in [0.25, 0.3) is 5.91 Å². The minimum absolute atomic E-state index is 0.0367. The monoisotopic (exact) mass is 350 g/mol. The molecule has 2 atom stereocenters. The Bertz CT molecular complexity index is 799. The third-order valence-electron chi connectivity index (χ3n) is 4.57. The van der Waals surface area contributed by atoms with Gasteiger partial charge in [0.2, 0.25) is 0 Å². The van der Waals surface area contributed by atoms with E-state index in [9.17, 15) is 13.2 Å². The minimum atomic E-state index is -3.02. The lowest BCUT2D eigenvalue weighted by Crippen LogP contribution is -2.38. The lowest BCUT2D eigenvalue weighted by molar-refractivity contribution is -0.118. The number of anilines is 1. The molecule has 2 heterocycles. The van der Waals surface area contributed by atoms with Crippen molar-refractivity contribution in [3.05, 3.63) is 29.8 Å². The lowest BCUT2D eigenvalue weighted by Gasteiger charge is -2.26. The van der Waals surface area contributed by atoms with E-state index in [1.54, 1.807) is 0 Å². The smallest absolute Gasteiger partial charge is 0.251 e. The molecule has 1 aliphatic carbocycles. The third kappa shape index (κ3) is 2.80. The maximum absolute atomic E-state index is 12.1. The standard InChI is InChI=1S/C16H18N2O3S2/c1-10-4-2-3-5-12(10)18-13-8-23(20,21)9-14(13)22-16(18)17-15(19)11-6-7-11/h2-5,11,13-14H,6-9H2,1H3/t13-,14+/m0/s1. The van der Waals surface area contributed by atoms with Gasteiger partial charge in [0.15, 0.2) is 15.0 Å². The molecule has 122 valence electrons. The summed E-state index contributed by atoms with van der Waals surface area (Å²) in [6, 6.07) is 7.73. The molecule has 2 aliphatic heterocycles. The molecule has 1 aromatic rings. The van der Waals surface area contributed by atoms with Crippen LogP contribution in [0.25, 0.3) is 0 Å². The zero-order chi connectivity index (χ0) is 16.2. The van der Waals surface area contributed by atoms with Crippen molar-refractivity contribution in [2.75, 3.05) is 16.4 Å². The minimum Gasteiger partial charge on any atom is -0.315 e. The highest BCUT2D eigenvalue weighted by Gasteiger charge is 2.49. The Morgan fingerprint density at radius 2 is 2.00 bits per heavy atom. The Hall–Kier alpha value is -1.34. The zero-order valence-corrected chi connectivity index (χ0v) is 14.4. The van der Waals surface area contributed by atoms with Gasteiger partial charge in [0, 0.05) is 16.9 Å². The van der Waals surface area contributed by atoms with E-state index in [1.807, 2.05) is 36.1 Å². The number of amides is 1. The van der Waals surface area contributed by atoms with Crippen LogP contribution in [0.15, 0.2) is 29.3 Å². The molecule has 0 spiro atoms. The summed E-state index contributed by atoms with van der Waals surface area (Å²) in [5.74, 6) is 0.316. The van der Waals surface area contributed by atoms with Crippen LogP contribution < -0.4 is 4.90 Å². The molecule has 5 nitrogen and oxygen atoms in total. The summed E-state index contributed by atoms with van der Waals surface area (Å²) in [5.41, 5.74) is 2.01. The Kier molecular flexibility index (Phi) is 3.53. The van der Waals surface area contributed by atoms with Gasteiger partial charge in [-0.1, -0.05) is 30.0 Å². The van der Waals surface area contributed by atoms with E-state index in [0.29, 0.717) is 5.17 Å². The van der Waals surface area contributed by atoms with Gasteiger partial charge < -0.3 is 4.90 Å². The fourth-order valence-electron chi connectivity index (χ4n) is 3.20. The van der Waals surface area contributed by atoms with Crippen LogP contribution in [0.1, 0.15) is 18.4 Å². The van der Waals surface area contributed by atoms with Crippen molar-refractivity contribution in [1.82, 2.24) is 0 Å². The highest BCUT2D eigenvalue weighted by atomic mass is 32.2. The quantitative estimate of drug-likeness (QED) is 0.816. The van der Waals surface area contributed by atoms with E-state index in [-0.39, 0.29) is 34.6 Å². The summed E-state index contributed by atoms with van der Waals surface area (Å²) in [7, 11) is -3.02. The van der Waals surface area contributed by atoms with Crippen molar-refractivity contribution >= 4 is 38.4 Å². The van der Waals surface area contributed by atoms with Gasteiger partial charge in [0.1, 0.15) is 0 Å². The highest BCUT2D eigenvalue weighted by Crippen LogP contribution is 2.42. The summed E-state index contributed by atoms with van der Waals surface area (Å²) in [6.45, 7) is 2.00. The first-order chi connectivity index (χ1) is 10.9. The van der Waals surface area contributed by atoms with Crippen molar-refractivity contribution in [3.63, 3.8) is 0 Å². The number of aryl methyl sites for hydroxylation is 1. The summed E-state index contributed by atoms with van der Waals surface area (Å²) in [6.07, 6.45) is 1.85. The molecule has 4 rings (SSSR count). The molecule has 0 bridgehead atoms. The molecule has 3 aliphatic rings. The summed E-state index contributed by atoms with van der Waals surface area (Å²) >= 11 is 1.44. The number of amidine groups is 1. The number of para-hydroxylation sites is 1. The number of nitrogens with zero attached hydrogens (tertiary/aromatic N) is 2. The van der Waals surface area contributed by atoms with E-state index in [4.69, 9.17) is 0 Å². The Morgan fingerprint density at radius 3 is 2.70 bits per heavy atom. The van der Waals surface area contributed by atoms with Crippen molar-refractivity contribution in [2.45, 2.75) is 31.1 Å². The predicted molar refractivity (Wildman–Crippen MR) is 92.6 cm³/mol. The Labute approximate surface area is 140 Å². The van der Waals surface area contributed by atoms with E-state index >= 15 is 0 Å². The summed E-state index contributed by atoms with van der Waals surface area (Å²) < 4.78 is 24.0. The molecule has 23 heavy (non-hydrogen) atoms. The van der Waals surface area contributed by atoms with Crippen LogP contribution in [0.4, 0.5) is 5.69 Å². The number of hydrogen-bond acceptors (Lipinski definition) is 4. The second-order valence-corrected chi connectivity index (χ2v) is 9.82. The van der Waals surface area contributed by atoms with Gasteiger partial charge in [-0.05, 0) is 31.4 Å². The maximum Gasteiger partial charge on any atom is 0.251 e. The van der Waals surface area contributed by atoms with E-state index in [1.165, 1.54) is 11.8 Å². The SMILES string of the molecule is Cc1ccccc1N1C(=NC(=O)C2CC2)S[C@@H]2CS(=O)(=O)C[C@@H]21. The van der Waals surface area contributed by atoms with Gasteiger partial charge in [-0.15, -0.1) is 0 Å². The predicted octanol–water partition coefficient (Wildman–Crippen LogP) is 2.01. The Morgan fingerprint density at radius 1 is 1.26 bits per heavy atom. The summed E-state index contributed by atoms with van der Waals surface area (Å²) in [4.78, 5) is 18.4. The number of benzene rings is 1. The highest BCUT2D eigenvalue weighted by molar-refractivity contribution is 8.16. The molecular weight excluding hydrogens is 332 g/mol. The lowest BCUT2D eigenvalue weighted by atomic mass is 10.1. The normalized spacial score (nSPS) is 30.7. The average Bonchev–Trinajstić information content (AvgIpc) is 3.22. The number of fused-ring (bicyclic) bond motifs is 1. The van der Waals surface area contributed by atoms with Crippen molar-refractivity contribution in [3.8, 4) is 0 Å². The largest absolute Gasteiger partial charge is 0.315 e. The number of sulfone groups is 1. The molecule has 0 N–H and O–H groups in total. The first kappa shape index (κ1) is 15.2. The number of thioether (sulfide) groups is 1. The van der Waals surface area contributed by atoms with Crippen LogP contribution in [0.3, 0.4) is 0 Å². The number of carbonyl (C=O) groups is 1. The molecule has 1 amide bonds. The van der Waals surface area contributed by atoms with Crippen molar-refractivity contribution in [2.24, 2.45) is 10.9 Å². The van der Waals surface area contributed by atoms with Gasteiger partial charge >= 0.3 is 0 Å². The first-order valence-electron chi connectivity index (χ1n) is 7.79. The van der Waals surface area contributed by atoms with Gasteiger partial charge in [-0.2, -0.15) is 4.99 Å².